The second kappa shape index (κ2) is 13.5. The molecule has 0 bridgehead atoms. The Morgan fingerprint density at radius 1 is 0.846 bits per heavy atom. The van der Waals surface area contributed by atoms with Gasteiger partial charge in [-0.2, -0.15) is 0 Å². The maximum Gasteiger partial charge on any atom is 0.248 e. The Labute approximate surface area is 235 Å². The van der Waals surface area contributed by atoms with E-state index in [9.17, 15) is 0 Å². The number of hydrogen-bond acceptors (Lipinski definition) is 2. The standard InChI is InChI=1S/C35H45N2O2/c1-7-30-23-31(39-24-29-14-9-8-10-15-29)22-28(6)35(30)38-21-12-11-18-36-19-20-37(25-36)34-32(26(2)3)16-13-17-33(34)27(4)5/h8-10,13-17,19-20,22-23,25-27H,7,11-12,18,21,24H2,1-6H3/q+1. The van der Waals surface area contributed by atoms with Crippen LogP contribution < -0.4 is 14.0 Å². The van der Waals surface area contributed by atoms with Crippen LogP contribution in [-0.4, -0.2) is 11.2 Å². The van der Waals surface area contributed by atoms with Gasteiger partial charge in [-0.05, 0) is 66.8 Å². The number of nitrogens with zero attached hydrogens (tertiary/aromatic N) is 2. The summed E-state index contributed by atoms with van der Waals surface area (Å²) in [5, 5.41) is 0. The van der Waals surface area contributed by atoms with Gasteiger partial charge in [0.2, 0.25) is 6.33 Å². The average molecular weight is 526 g/mol. The molecule has 3 aromatic carbocycles. The first-order valence-corrected chi connectivity index (χ1v) is 14.5. The molecule has 0 amide bonds. The van der Waals surface area contributed by atoms with Crippen molar-refractivity contribution in [2.75, 3.05) is 6.61 Å². The first-order valence-electron chi connectivity index (χ1n) is 14.5. The van der Waals surface area contributed by atoms with E-state index in [1.165, 1.54) is 27.9 Å². The molecule has 0 aliphatic rings. The zero-order valence-corrected chi connectivity index (χ0v) is 24.6. The average Bonchev–Trinajstić information content (AvgIpc) is 3.41. The fourth-order valence-electron chi connectivity index (χ4n) is 5.14. The highest BCUT2D eigenvalue weighted by molar-refractivity contribution is 5.51. The van der Waals surface area contributed by atoms with Crippen LogP contribution in [0.15, 0.2) is 79.4 Å². The summed E-state index contributed by atoms with van der Waals surface area (Å²) in [6.45, 7) is 15.7. The van der Waals surface area contributed by atoms with Gasteiger partial charge in [-0.3, -0.25) is 0 Å². The van der Waals surface area contributed by atoms with E-state index in [1.54, 1.807) is 0 Å². The molecule has 0 fully saturated rings. The lowest BCUT2D eigenvalue weighted by molar-refractivity contribution is -0.696. The predicted molar refractivity (Wildman–Crippen MR) is 160 cm³/mol. The van der Waals surface area contributed by atoms with Crippen LogP contribution in [-0.2, 0) is 19.6 Å². The Kier molecular flexibility index (Phi) is 9.86. The van der Waals surface area contributed by atoms with E-state index in [0.29, 0.717) is 25.0 Å². The maximum atomic E-state index is 6.30. The highest BCUT2D eigenvalue weighted by atomic mass is 16.5. The van der Waals surface area contributed by atoms with E-state index < -0.39 is 0 Å². The van der Waals surface area contributed by atoms with Gasteiger partial charge in [-0.15, -0.1) is 0 Å². The van der Waals surface area contributed by atoms with Crippen LogP contribution in [0.2, 0.25) is 0 Å². The van der Waals surface area contributed by atoms with Gasteiger partial charge in [0.25, 0.3) is 0 Å². The Morgan fingerprint density at radius 3 is 2.23 bits per heavy atom. The summed E-state index contributed by atoms with van der Waals surface area (Å²) in [6.07, 6.45) is 9.61. The van der Waals surface area contributed by atoms with Gasteiger partial charge in [-0.25, -0.2) is 9.13 Å². The van der Waals surface area contributed by atoms with Crippen molar-refractivity contribution in [1.82, 2.24) is 4.57 Å². The van der Waals surface area contributed by atoms with Gasteiger partial charge in [0, 0.05) is 11.1 Å². The SMILES string of the molecule is CCc1cc(OCc2ccccc2)cc(C)c1OCCCC[n+]1ccn(-c2c(C(C)C)cccc2C(C)C)c1. The minimum Gasteiger partial charge on any atom is -0.493 e. The number of aryl methyl sites for hydroxylation is 3. The van der Waals surface area contributed by atoms with Gasteiger partial charge >= 0.3 is 0 Å². The molecule has 0 saturated carbocycles. The van der Waals surface area contributed by atoms with Gasteiger partial charge in [0.15, 0.2) is 0 Å². The summed E-state index contributed by atoms with van der Waals surface area (Å²) in [7, 11) is 0. The summed E-state index contributed by atoms with van der Waals surface area (Å²) < 4.78 is 17.0. The highest BCUT2D eigenvalue weighted by Crippen LogP contribution is 2.31. The minimum atomic E-state index is 0.479. The van der Waals surface area contributed by atoms with Crippen molar-refractivity contribution < 1.29 is 14.0 Å². The summed E-state index contributed by atoms with van der Waals surface area (Å²) in [5.74, 6) is 2.87. The molecule has 39 heavy (non-hydrogen) atoms. The molecule has 0 unspecified atom stereocenters. The van der Waals surface area contributed by atoms with Gasteiger partial charge in [0.1, 0.15) is 36.2 Å². The van der Waals surface area contributed by atoms with Crippen molar-refractivity contribution in [2.45, 2.75) is 85.8 Å². The van der Waals surface area contributed by atoms with Crippen LogP contribution in [0.25, 0.3) is 5.69 Å². The van der Waals surface area contributed by atoms with Crippen molar-refractivity contribution in [3.05, 3.63) is 107 Å². The Balaban J connectivity index is 1.32. The lowest BCUT2D eigenvalue weighted by Crippen LogP contribution is -2.31. The third-order valence-corrected chi connectivity index (χ3v) is 7.30. The Hall–Kier alpha value is -3.53. The lowest BCUT2D eigenvalue weighted by atomic mass is 9.92. The van der Waals surface area contributed by atoms with E-state index in [2.05, 4.69) is 112 Å². The number of benzene rings is 3. The molecule has 206 valence electrons. The van der Waals surface area contributed by atoms with Crippen molar-refractivity contribution in [1.29, 1.82) is 0 Å². The second-order valence-corrected chi connectivity index (χ2v) is 11.1. The fourth-order valence-corrected chi connectivity index (χ4v) is 5.14. The van der Waals surface area contributed by atoms with Crippen LogP contribution in [0, 0.1) is 6.92 Å². The van der Waals surface area contributed by atoms with Crippen LogP contribution in [0.1, 0.15) is 87.1 Å². The summed E-state index contributed by atoms with van der Waals surface area (Å²) in [5.41, 5.74) is 7.64. The number of unbranched alkanes of at least 4 members (excludes halogenated alkanes) is 1. The molecule has 0 aliphatic carbocycles. The summed E-state index contributed by atoms with van der Waals surface area (Å²) >= 11 is 0. The molecular formula is C35H45N2O2+. The van der Waals surface area contributed by atoms with E-state index in [4.69, 9.17) is 9.47 Å². The van der Waals surface area contributed by atoms with Gasteiger partial charge in [0.05, 0.1) is 13.2 Å². The molecule has 0 N–H and O–H groups in total. The van der Waals surface area contributed by atoms with Crippen molar-refractivity contribution in [3.8, 4) is 17.2 Å². The Bertz CT molecular complexity index is 1310. The molecule has 4 rings (SSSR count). The first-order chi connectivity index (χ1) is 18.9. The summed E-state index contributed by atoms with van der Waals surface area (Å²) in [4.78, 5) is 0. The highest BCUT2D eigenvalue weighted by Gasteiger charge is 2.20. The monoisotopic (exact) mass is 525 g/mol. The minimum absolute atomic E-state index is 0.479. The van der Waals surface area contributed by atoms with Crippen molar-refractivity contribution in [2.24, 2.45) is 0 Å². The molecule has 4 aromatic rings. The third kappa shape index (κ3) is 7.32. The lowest BCUT2D eigenvalue weighted by Gasteiger charge is -2.16. The number of aromatic nitrogens is 2. The van der Waals surface area contributed by atoms with Crippen LogP contribution in [0.5, 0.6) is 11.5 Å². The largest absolute Gasteiger partial charge is 0.493 e. The molecule has 4 nitrogen and oxygen atoms in total. The second-order valence-electron chi connectivity index (χ2n) is 11.1. The van der Waals surface area contributed by atoms with Gasteiger partial charge in [-0.1, -0.05) is 83.1 Å². The molecule has 0 saturated heterocycles. The number of para-hydroxylation sites is 1. The third-order valence-electron chi connectivity index (χ3n) is 7.30. The van der Waals surface area contributed by atoms with Crippen LogP contribution >= 0.6 is 0 Å². The molecule has 1 aromatic heterocycles. The van der Waals surface area contributed by atoms with Crippen LogP contribution in [0.3, 0.4) is 0 Å². The zero-order chi connectivity index (χ0) is 27.8. The number of imidazole rings is 1. The topological polar surface area (TPSA) is 27.3 Å². The molecule has 0 atom stereocenters. The molecule has 0 radical (unpaired) electrons. The van der Waals surface area contributed by atoms with Crippen LogP contribution in [0.4, 0.5) is 0 Å². The van der Waals surface area contributed by atoms with E-state index in [0.717, 1.165) is 42.9 Å². The van der Waals surface area contributed by atoms with Gasteiger partial charge < -0.3 is 9.47 Å². The fraction of sp³-hybridized carbons (Fsp3) is 0.400. The number of rotatable bonds is 13. The van der Waals surface area contributed by atoms with E-state index >= 15 is 0 Å². The maximum absolute atomic E-state index is 6.30. The van der Waals surface area contributed by atoms with E-state index in [-0.39, 0.29) is 0 Å². The molecular weight excluding hydrogens is 480 g/mol. The quantitative estimate of drug-likeness (QED) is 0.130. The molecule has 4 heteroatoms. The summed E-state index contributed by atoms with van der Waals surface area (Å²) in [6, 6.07) is 21.2. The molecule has 0 aliphatic heterocycles. The smallest absolute Gasteiger partial charge is 0.248 e. The Morgan fingerprint density at radius 2 is 1.56 bits per heavy atom. The molecule has 0 spiro atoms. The normalized spacial score (nSPS) is 11.4. The zero-order valence-electron chi connectivity index (χ0n) is 24.6. The van der Waals surface area contributed by atoms with Crippen molar-refractivity contribution >= 4 is 0 Å². The molecule has 1 heterocycles. The van der Waals surface area contributed by atoms with E-state index in [1.807, 2.05) is 18.2 Å². The number of ether oxygens (including phenoxy) is 2. The predicted octanol–water partition coefficient (Wildman–Crippen LogP) is 8.32. The van der Waals surface area contributed by atoms with Crippen molar-refractivity contribution in [3.63, 3.8) is 0 Å². The first kappa shape index (κ1) is 28.5. The number of hydrogen-bond donors (Lipinski definition) is 0.